The van der Waals surface area contributed by atoms with Crippen LogP contribution >= 0.6 is 0 Å². The minimum Gasteiger partial charge on any atom is -0.454 e. The van der Waals surface area contributed by atoms with Crippen molar-refractivity contribution in [2.75, 3.05) is 0 Å². The molecule has 3 heteroatoms. The van der Waals surface area contributed by atoms with Gasteiger partial charge in [0.05, 0.1) is 5.69 Å². The lowest BCUT2D eigenvalue weighted by molar-refractivity contribution is 0.438. The summed E-state index contributed by atoms with van der Waals surface area (Å²) in [5.41, 5.74) is -1.21. The molecule has 0 aliphatic heterocycles. The number of hydrogen-bond acceptors (Lipinski definition) is 3. The molecule has 5 aromatic rings. The summed E-state index contributed by atoms with van der Waals surface area (Å²) in [7, 11) is 0. The summed E-state index contributed by atoms with van der Waals surface area (Å²) in [6.07, 6.45) is -5.05. The normalized spacial score (nSPS) is 20.3. The molecule has 0 saturated heterocycles. The van der Waals surface area contributed by atoms with E-state index in [2.05, 4.69) is 9.97 Å². The molecule has 2 aromatic carbocycles. The van der Waals surface area contributed by atoms with Gasteiger partial charge in [-0.2, -0.15) is 0 Å². The van der Waals surface area contributed by atoms with Crippen molar-refractivity contribution >= 4 is 22.1 Å². The zero-order valence-electron chi connectivity index (χ0n) is 29.3. The third kappa shape index (κ3) is 3.31. The first-order valence-corrected chi connectivity index (χ1v) is 9.59. The minimum atomic E-state index is -3.90. The number of hydrogen-bond donors (Lipinski definition) is 0. The van der Waals surface area contributed by atoms with Gasteiger partial charge in [0, 0.05) is 46.7 Å². The highest BCUT2D eigenvalue weighted by Gasteiger charge is 2.23. The summed E-state index contributed by atoms with van der Waals surface area (Å²) in [6, 6.07) is 18.3. The molecule has 0 atom stereocenters. The fourth-order valence-electron chi connectivity index (χ4n) is 3.64. The maximum atomic E-state index is 8.59. The fourth-order valence-corrected chi connectivity index (χ4v) is 3.64. The van der Waals surface area contributed by atoms with Crippen molar-refractivity contribution in [3.8, 4) is 22.4 Å². The van der Waals surface area contributed by atoms with Gasteiger partial charge >= 0.3 is 0 Å². The number of furan rings is 1. The van der Waals surface area contributed by atoms with Crippen molar-refractivity contribution in [1.29, 1.82) is 0 Å². The van der Waals surface area contributed by atoms with Crippen molar-refractivity contribution in [3.63, 3.8) is 0 Å². The largest absolute Gasteiger partial charge is 0.454 e. The summed E-state index contributed by atoms with van der Waals surface area (Å²) in [4.78, 5) is 8.86. The van der Waals surface area contributed by atoms with Gasteiger partial charge in [-0.15, -0.1) is 0 Å². The van der Waals surface area contributed by atoms with Gasteiger partial charge in [-0.3, -0.25) is 9.97 Å². The highest BCUT2D eigenvalue weighted by molar-refractivity contribution is 6.07. The Morgan fingerprint density at radius 1 is 0.935 bits per heavy atom. The van der Waals surface area contributed by atoms with E-state index in [9.17, 15) is 0 Å². The number of fused-ring (bicyclic) bond motifs is 3. The van der Waals surface area contributed by atoms with Crippen molar-refractivity contribution in [2.24, 2.45) is 0 Å². The molecule has 0 saturated carbocycles. The number of pyridine rings is 2. The molecule has 5 rings (SSSR count). The first-order valence-electron chi connectivity index (χ1n) is 16.1. The van der Waals surface area contributed by atoms with Gasteiger partial charge in [0.2, 0.25) is 0 Å². The standard InChI is InChI=1S/C28H26N2O/c1-4-28(3,5-2)21-14-15-29-24(17-21)22-12-9-13-23-26-25(31-27(22)23)16-20(18-30-26)19-10-7-6-8-11-19/h6-18H,4-5H2,1-3H3/i1D3,2D3,3D3,4D2,5D2. The molecule has 0 N–H and O–H groups in total. The summed E-state index contributed by atoms with van der Waals surface area (Å²) in [5, 5.41) is 0.571. The maximum absolute atomic E-state index is 8.59. The lowest BCUT2D eigenvalue weighted by Crippen LogP contribution is -2.19. The van der Waals surface area contributed by atoms with Crippen LogP contribution < -0.4 is 0 Å². The fraction of sp³-hybridized carbons (Fsp3) is 0.214. The molecule has 0 bridgehead atoms. The van der Waals surface area contributed by atoms with Gasteiger partial charge in [-0.05, 0) is 59.6 Å². The molecule has 31 heavy (non-hydrogen) atoms. The number of benzene rings is 2. The molecule has 0 spiro atoms. The van der Waals surface area contributed by atoms with E-state index in [1.165, 1.54) is 0 Å². The Kier molecular flexibility index (Phi) is 2.42. The van der Waals surface area contributed by atoms with Gasteiger partial charge in [-0.25, -0.2) is 0 Å². The second kappa shape index (κ2) is 7.66. The highest BCUT2D eigenvalue weighted by Crippen LogP contribution is 2.37. The summed E-state index contributed by atoms with van der Waals surface area (Å²) in [5.74, 6) is 0. The van der Waals surface area contributed by atoms with Crippen LogP contribution in [0.1, 0.15) is 56.7 Å². The topological polar surface area (TPSA) is 38.9 Å². The SMILES string of the molecule is [2H]C([2H])([2H])C([2H])([2H])C(c1ccnc(-c2cccc3c2oc2cc(-c4ccccc4)cnc23)c1)(C([2H])([2H])[2H])C([2H])([2H])C([2H])([2H])[2H]. The van der Waals surface area contributed by atoms with Crippen molar-refractivity contribution in [2.45, 2.75) is 38.7 Å². The average molecular weight is 420 g/mol. The van der Waals surface area contributed by atoms with Crippen LogP contribution in [0.15, 0.2) is 83.5 Å². The lowest BCUT2D eigenvalue weighted by Gasteiger charge is -2.27. The monoisotopic (exact) mass is 419 g/mol. The van der Waals surface area contributed by atoms with Crippen LogP contribution in [0.5, 0.6) is 0 Å². The Hall–Kier alpha value is -3.46. The zero-order valence-corrected chi connectivity index (χ0v) is 16.3. The van der Waals surface area contributed by atoms with Crippen LogP contribution in [0.3, 0.4) is 0 Å². The van der Waals surface area contributed by atoms with Gasteiger partial charge in [-0.1, -0.05) is 57.0 Å². The Labute approximate surface area is 201 Å². The molecule has 3 aromatic heterocycles. The third-order valence-corrected chi connectivity index (χ3v) is 5.29. The van der Waals surface area contributed by atoms with Crippen LogP contribution in [-0.2, 0) is 5.41 Å². The van der Waals surface area contributed by atoms with Gasteiger partial charge in [0.1, 0.15) is 11.1 Å². The smallest absolute Gasteiger partial charge is 0.154 e. The van der Waals surface area contributed by atoms with Crippen LogP contribution in [0.4, 0.5) is 0 Å². The van der Waals surface area contributed by atoms with E-state index in [1.807, 2.05) is 30.3 Å². The van der Waals surface area contributed by atoms with E-state index in [4.69, 9.17) is 22.2 Å². The predicted molar refractivity (Wildman–Crippen MR) is 128 cm³/mol. The van der Waals surface area contributed by atoms with E-state index in [0.717, 1.165) is 29.5 Å². The van der Waals surface area contributed by atoms with E-state index in [1.54, 1.807) is 30.5 Å². The highest BCUT2D eigenvalue weighted by atomic mass is 16.3. The van der Waals surface area contributed by atoms with E-state index in [0.29, 0.717) is 16.5 Å². The molecule has 0 radical (unpaired) electrons. The molecule has 3 heterocycles. The molecular formula is C28H26N2O. The first kappa shape index (κ1) is 9.78. The van der Waals surface area contributed by atoms with E-state index in [-0.39, 0.29) is 16.8 Å². The van der Waals surface area contributed by atoms with Crippen molar-refractivity contribution < 1.29 is 22.2 Å². The van der Waals surface area contributed by atoms with E-state index < -0.39 is 44.3 Å². The number of nitrogens with zero attached hydrogens (tertiary/aromatic N) is 2. The van der Waals surface area contributed by atoms with Crippen LogP contribution in [0, 0.1) is 0 Å². The van der Waals surface area contributed by atoms with Crippen LogP contribution in [-0.4, -0.2) is 9.97 Å². The molecule has 0 fully saturated rings. The van der Waals surface area contributed by atoms with Crippen LogP contribution in [0.2, 0.25) is 0 Å². The second-order valence-electron chi connectivity index (χ2n) is 7.15. The number of aromatic nitrogens is 2. The second-order valence-corrected chi connectivity index (χ2v) is 7.15. The van der Waals surface area contributed by atoms with Gasteiger partial charge in [0.15, 0.2) is 5.58 Å². The minimum absolute atomic E-state index is 0.0215. The Bertz CT molecular complexity index is 1810. The molecule has 0 amide bonds. The predicted octanol–water partition coefficient (Wildman–Crippen LogP) is 7.79. The number of rotatable bonds is 5. The molecular weight excluding hydrogens is 380 g/mol. The first-order chi connectivity index (χ1) is 20.3. The number of para-hydroxylation sites is 1. The maximum Gasteiger partial charge on any atom is 0.154 e. The molecule has 154 valence electrons. The van der Waals surface area contributed by atoms with Crippen molar-refractivity contribution in [1.82, 2.24) is 9.97 Å². The Morgan fingerprint density at radius 3 is 2.61 bits per heavy atom. The van der Waals surface area contributed by atoms with E-state index >= 15 is 0 Å². The summed E-state index contributed by atoms with van der Waals surface area (Å²) < 4.78 is 113. The molecule has 3 nitrogen and oxygen atoms in total. The zero-order chi connectivity index (χ0) is 32.5. The quantitative estimate of drug-likeness (QED) is 0.292. The van der Waals surface area contributed by atoms with Crippen molar-refractivity contribution in [3.05, 3.63) is 84.7 Å². The van der Waals surface area contributed by atoms with Crippen LogP contribution in [0.25, 0.3) is 44.5 Å². The molecule has 0 aliphatic carbocycles. The third-order valence-electron chi connectivity index (χ3n) is 5.29. The Morgan fingerprint density at radius 2 is 1.81 bits per heavy atom. The average Bonchev–Trinajstić information content (AvgIpc) is 3.30. The lowest BCUT2D eigenvalue weighted by atomic mass is 9.78. The van der Waals surface area contributed by atoms with Gasteiger partial charge in [0.25, 0.3) is 0 Å². The molecule has 0 unspecified atom stereocenters. The summed E-state index contributed by atoms with van der Waals surface area (Å²) in [6.45, 7) is -11.3. The van der Waals surface area contributed by atoms with Gasteiger partial charge < -0.3 is 4.42 Å². The Balaban J connectivity index is 1.79. The molecule has 0 aliphatic rings. The summed E-state index contributed by atoms with van der Waals surface area (Å²) >= 11 is 0.